The Balaban J connectivity index is 1.70. The maximum absolute atomic E-state index is 13.4. The number of esters is 1. The lowest BCUT2D eigenvalue weighted by Crippen LogP contribution is -2.48. The van der Waals surface area contributed by atoms with Gasteiger partial charge in [-0.15, -0.1) is 0 Å². The van der Waals surface area contributed by atoms with Crippen molar-refractivity contribution >= 4 is 29.4 Å². The molecule has 0 aromatic heterocycles. The Morgan fingerprint density at radius 3 is 2.50 bits per heavy atom. The van der Waals surface area contributed by atoms with Crippen LogP contribution in [0.5, 0.6) is 0 Å². The van der Waals surface area contributed by atoms with E-state index in [1.54, 1.807) is 24.0 Å². The fourth-order valence-electron chi connectivity index (χ4n) is 5.16. The number of hydrogen-bond acceptors (Lipinski definition) is 4. The monoisotopic (exact) mass is 518 g/mol. The van der Waals surface area contributed by atoms with Crippen molar-refractivity contribution in [3.8, 4) is 0 Å². The van der Waals surface area contributed by atoms with Crippen LogP contribution in [0, 0.1) is 0 Å². The number of urea groups is 2. The van der Waals surface area contributed by atoms with E-state index in [0.29, 0.717) is 29.1 Å². The summed E-state index contributed by atoms with van der Waals surface area (Å²) in [7, 11) is 0. The van der Waals surface area contributed by atoms with Gasteiger partial charge >= 0.3 is 18.0 Å². The molecule has 1 atom stereocenters. The Bertz CT molecular complexity index is 1160. The molecule has 0 saturated heterocycles. The number of hydrogen-bond donors (Lipinski definition) is 3. The van der Waals surface area contributed by atoms with Gasteiger partial charge in [0.15, 0.2) is 0 Å². The first kappa shape index (κ1) is 27.2. The minimum Gasteiger partial charge on any atom is -0.463 e. The summed E-state index contributed by atoms with van der Waals surface area (Å²) >= 11 is 0. The number of anilines is 1. The molecular formula is C30H38N4O4. The van der Waals surface area contributed by atoms with Crippen molar-refractivity contribution in [2.45, 2.75) is 70.9 Å². The molecule has 1 unspecified atom stereocenters. The summed E-state index contributed by atoms with van der Waals surface area (Å²) in [6, 6.07) is 15.7. The Labute approximate surface area is 224 Å². The minimum atomic E-state index is -0.738. The lowest BCUT2D eigenvalue weighted by Gasteiger charge is -2.37. The molecule has 3 N–H and O–H groups in total. The molecule has 38 heavy (non-hydrogen) atoms. The third kappa shape index (κ3) is 6.54. The van der Waals surface area contributed by atoms with E-state index < -0.39 is 12.0 Å². The number of carbonyl (C=O) groups is 3. The van der Waals surface area contributed by atoms with Gasteiger partial charge in [-0.25, -0.2) is 14.4 Å². The average molecular weight is 519 g/mol. The quantitative estimate of drug-likeness (QED) is 0.356. The second-order valence-corrected chi connectivity index (χ2v) is 9.80. The standard InChI is InChI=1S/C30H38N4O4/c1-3-5-19-34-27(21-13-8-6-9-14-21)25(28(35)38-4-2)26(33-30(34)37)22-15-12-18-24(20-22)32-29(36)31-23-16-10-7-11-17-23/h6,8-9,12-15,18,20,23,26H,3-5,7,10-11,16-17,19H2,1-2H3,(H,33,37)(H2,31,32,36). The maximum Gasteiger partial charge on any atom is 0.338 e. The molecule has 1 fully saturated rings. The molecule has 0 bridgehead atoms. The lowest BCUT2D eigenvalue weighted by molar-refractivity contribution is -0.138. The van der Waals surface area contributed by atoms with Gasteiger partial charge in [-0.2, -0.15) is 0 Å². The van der Waals surface area contributed by atoms with Gasteiger partial charge in [0.05, 0.1) is 23.9 Å². The van der Waals surface area contributed by atoms with Crippen molar-refractivity contribution in [3.05, 3.63) is 71.3 Å². The molecular weight excluding hydrogens is 480 g/mol. The topological polar surface area (TPSA) is 99.8 Å². The van der Waals surface area contributed by atoms with Gasteiger partial charge in [-0.3, -0.25) is 4.90 Å². The summed E-state index contributed by atoms with van der Waals surface area (Å²) in [4.78, 5) is 41.2. The highest BCUT2D eigenvalue weighted by atomic mass is 16.5. The lowest BCUT2D eigenvalue weighted by atomic mass is 9.91. The third-order valence-corrected chi connectivity index (χ3v) is 7.02. The first-order valence-electron chi connectivity index (χ1n) is 13.7. The molecule has 2 aliphatic rings. The Morgan fingerprint density at radius 1 is 1.03 bits per heavy atom. The largest absolute Gasteiger partial charge is 0.463 e. The Hall–Kier alpha value is -3.81. The molecule has 2 aromatic carbocycles. The van der Waals surface area contributed by atoms with Crippen LogP contribution in [-0.4, -0.2) is 42.1 Å². The van der Waals surface area contributed by atoms with Crippen LogP contribution in [0.25, 0.3) is 5.70 Å². The molecule has 8 heteroatoms. The maximum atomic E-state index is 13.4. The van der Waals surface area contributed by atoms with Crippen molar-refractivity contribution in [2.75, 3.05) is 18.5 Å². The van der Waals surface area contributed by atoms with Crippen LogP contribution in [0.1, 0.15) is 76.0 Å². The van der Waals surface area contributed by atoms with Gasteiger partial charge in [0.1, 0.15) is 0 Å². The summed E-state index contributed by atoms with van der Waals surface area (Å²) in [6.45, 7) is 4.52. The summed E-state index contributed by atoms with van der Waals surface area (Å²) in [6.07, 6.45) is 7.15. The summed E-state index contributed by atoms with van der Waals surface area (Å²) in [5, 5.41) is 9.01. The van der Waals surface area contributed by atoms with Crippen LogP contribution in [0.4, 0.5) is 15.3 Å². The van der Waals surface area contributed by atoms with Gasteiger partial charge in [-0.05, 0) is 49.4 Å². The number of carbonyl (C=O) groups excluding carboxylic acids is 3. The van der Waals surface area contributed by atoms with E-state index in [0.717, 1.165) is 44.1 Å². The van der Waals surface area contributed by atoms with E-state index in [2.05, 4.69) is 22.9 Å². The third-order valence-electron chi connectivity index (χ3n) is 7.02. The molecule has 1 aliphatic heterocycles. The van der Waals surface area contributed by atoms with Crippen LogP contribution >= 0.6 is 0 Å². The summed E-state index contributed by atoms with van der Waals surface area (Å²) in [5.41, 5.74) is 2.97. The predicted molar refractivity (Wildman–Crippen MR) is 148 cm³/mol. The Kier molecular flexibility index (Phi) is 9.40. The molecule has 4 amide bonds. The number of rotatable bonds is 9. The van der Waals surface area contributed by atoms with E-state index in [1.807, 2.05) is 42.5 Å². The van der Waals surface area contributed by atoms with Crippen molar-refractivity contribution in [2.24, 2.45) is 0 Å². The van der Waals surface area contributed by atoms with Crippen LogP contribution in [-0.2, 0) is 9.53 Å². The smallest absolute Gasteiger partial charge is 0.338 e. The van der Waals surface area contributed by atoms with Gasteiger partial charge in [0.25, 0.3) is 0 Å². The van der Waals surface area contributed by atoms with E-state index in [4.69, 9.17) is 4.74 Å². The average Bonchev–Trinajstić information content (AvgIpc) is 2.93. The van der Waals surface area contributed by atoms with Gasteiger partial charge < -0.3 is 20.7 Å². The molecule has 1 heterocycles. The summed E-state index contributed by atoms with van der Waals surface area (Å²) in [5.74, 6) is -0.480. The molecule has 8 nitrogen and oxygen atoms in total. The highest BCUT2D eigenvalue weighted by Crippen LogP contribution is 2.37. The fraction of sp³-hybridized carbons (Fsp3) is 0.433. The van der Waals surface area contributed by atoms with Crippen LogP contribution in [0.3, 0.4) is 0 Å². The molecule has 0 radical (unpaired) electrons. The normalized spacial score (nSPS) is 18.1. The minimum absolute atomic E-state index is 0.186. The zero-order valence-corrected chi connectivity index (χ0v) is 22.3. The highest BCUT2D eigenvalue weighted by Gasteiger charge is 2.38. The molecule has 1 aliphatic carbocycles. The van der Waals surface area contributed by atoms with E-state index in [1.165, 1.54) is 6.42 Å². The fourth-order valence-corrected chi connectivity index (χ4v) is 5.16. The second-order valence-electron chi connectivity index (χ2n) is 9.80. The zero-order chi connectivity index (χ0) is 26.9. The number of nitrogens with zero attached hydrogens (tertiary/aromatic N) is 1. The Morgan fingerprint density at radius 2 is 1.79 bits per heavy atom. The first-order valence-corrected chi connectivity index (χ1v) is 13.7. The number of benzene rings is 2. The number of nitrogens with one attached hydrogen (secondary N) is 3. The van der Waals surface area contributed by atoms with E-state index in [9.17, 15) is 14.4 Å². The van der Waals surface area contributed by atoms with Gasteiger partial charge in [0, 0.05) is 18.3 Å². The van der Waals surface area contributed by atoms with E-state index >= 15 is 0 Å². The van der Waals surface area contributed by atoms with Crippen LogP contribution in [0.15, 0.2) is 60.2 Å². The predicted octanol–water partition coefficient (Wildman–Crippen LogP) is 5.98. The van der Waals surface area contributed by atoms with Crippen molar-refractivity contribution in [1.82, 2.24) is 15.5 Å². The van der Waals surface area contributed by atoms with Crippen molar-refractivity contribution in [3.63, 3.8) is 0 Å². The number of ether oxygens (including phenoxy) is 1. The highest BCUT2D eigenvalue weighted by molar-refractivity contribution is 6.04. The molecule has 202 valence electrons. The molecule has 1 saturated carbocycles. The molecule has 0 spiro atoms. The van der Waals surface area contributed by atoms with Crippen LogP contribution in [0.2, 0.25) is 0 Å². The SMILES string of the molecule is CCCCN1C(=O)NC(c2cccc(NC(=O)NC3CCCCC3)c2)C(C(=O)OCC)=C1c1ccccc1. The number of amides is 4. The first-order chi connectivity index (χ1) is 18.5. The number of unbranched alkanes of at least 4 members (excludes halogenated alkanes) is 1. The second kappa shape index (κ2) is 13.1. The van der Waals surface area contributed by atoms with Crippen LogP contribution < -0.4 is 16.0 Å². The van der Waals surface area contributed by atoms with Gasteiger partial charge in [0.2, 0.25) is 0 Å². The zero-order valence-electron chi connectivity index (χ0n) is 22.3. The molecule has 2 aromatic rings. The van der Waals surface area contributed by atoms with E-state index in [-0.39, 0.29) is 24.7 Å². The molecule has 4 rings (SSSR count). The summed E-state index contributed by atoms with van der Waals surface area (Å²) < 4.78 is 5.50. The van der Waals surface area contributed by atoms with Crippen molar-refractivity contribution in [1.29, 1.82) is 0 Å². The van der Waals surface area contributed by atoms with Gasteiger partial charge in [-0.1, -0.05) is 75.1 Å². The van der Waals surface area contributed by atoms with Crippen molar-refractivity contribution < 1.29 is 19.1 Å².